The molecule has 0 spiro atoms. The highest BCUT2D eigenvalue weighted by Crippen LogP contribution is 2.29. The topological polar surface area (TPSA) is 112 Å². The van der Waals surface area contributed by atoms with Crippen molar-refractivity contribution in [2.45, 2.75) is 39.3 Å². The molecule has 0 atom stereocenters. The minimum absolute atomic E-state index is 0.169. The van der Waals surface area contributed by atoms with Crippen LogP contribution in [0.1, 0.15) is 29.8 Å². The highest BCUT2D eigenvalue weighted by Gasteiger charge is 2.20. The van der Waals surface area contributed by atoms with E-state index in [0.29, 0.717) is 39.4 Å². The van der Waals surface area contributed by atoms with E-state index >= 15 is 0 Å². The van der Waals surface area contributed by atoms with E-state index in [1.807, 2.05) is 32.2 Å². The summed E-state index contributed by atoms with van der Waals surface area (Å²) in [5.41, 5.74) is 4.90. The molecule has 10 nitrogen and oxygen atoms in total. The zero-order chi connectivity index (χ0) is 26.6. The van der Waals surface area contributed by atoms with E-state index in [1.54, 1.807) is 42.5 Å². The molecule has 6 rings (SSSR count). The van der Waals surface area contributed by atoms with Gasteiger partial charge in [0.25, 0.3) is 11.1 Å². The fourth-order valence-electron chi connectivity index (χ4n) is 5.35. The molecule has 0 bridgehead atoms. The van der Waals surface area contributed by atoms with Crippen LogP contribution >= 0.6 is 0 Å². The van der Waals surface area contributed by atoms with Gasteiger partial charge in [0.05, 0.1) is 17.5 Å². The molecule has 1 aliphatic heterocycles. The minimum atomic E-state index is -0.333. The molecule has 194 valence electrons. The molecule has 0 amide bonds. The van der Waals surface area contributed by atoms with Gasteiger partial charge in [-0.15, -0.1) is 0 Å². The van der Waals surface area contributed by atoms with Crippen LogP contribution < -0.4 is 16.4 Å². The van der Waals surface area contributed by atoms with Crippen molar-refractivity contribution in [3.05, 3.63) is 86.6 Å². The van der Waals surface area contributed by atoms with E-state index in [9.17, 15) is 14.7 Å². The number of aryl methyl sites for hydroxylation is 5. The van der Waals surface area contributed by atoms with Crippen molar-refractivity contribution in [3.63, 3.8) is 0 Å². The molecule has 1 aliphatic rings. The third-order valence-electron chi connectivity index (χ3n) is 7.41. The van der Waals surface area contributed by atoms with Crippen LogP contribution in [0.3, 0.4) is 0 Å². The van der Waals surface area contributed by atoms with Gasteiger partial charge < -0.3 is 19.6 Å². The van der Waals surface area contributed by atoms with Crippen molar-refractivity contribution in [1.82, 2.24) is 28.5 Å². The molecule has 0 unspecified atom stereocenters. The van der Waals surface area contributed by atoms with E-state index in [2.05, 4.69) is 20.0 Å². The van der Waals surface area contributed by atoms with Gasteiger partial charge in [-0.1, -0.05) is 0 Å². The predicted octanol–water partition coefficient (Wildman–Crippen LogP) is 3.17. The highest BCUT2D eigenvalue weighted by atomic mass is 16.3. The SMILES string of the molecule is Cc1cc(Nc2cc(-c3ccnc(-n4ccc5c(cc6n5CCCC6)c4=O)c3CO)cn(C)c2=O)nn1C. The number of nitrogens with one attached hydrogen (secondary N) is 1. The molecule has 5 aromatic heterocycles. The predicted molar refractivity (Wildman–Crippen MR) is 146 cm³/mol. The largest absolute Gasteiger partial charge is 0.392 e. The lowest BCUT2D eigenvalue weighted by molar-refractivity contribution is 0.281. The lowest BCUT2D eigenvalue weighted by Gasteiger charge is -2.17. The van der Waals surface area contributed by atoms with Crippen molar-refractivity contribution in [1.29, 1.82) is 0 Å². The van der Waals surface area contributed by atoms with Crippen molar-refractivity contribution < 1.29 is 5.11 Å². The minimum Gasteiger partial charge on any atom is -0.392 e. The van der Waals surface area contributed by atoms with Crippen LogP contribution in [0.4, 0.5) is 11.5 Å². The Morgan fingerprint density at radius 2 is 1.92 bits per heavy atom. The number of nitrogens with zero attached hydrogens (tertiary/aromatic N) is 6. The summed E-state index contributed by atoms with van der Waals surface area (Å²) in [4.78, 5) is 31.0. The Morgan fingerprint density at radius 1 is 1.08 bits per heavy atom. The third kappa shape index (κ3) is 3.84. The summed E-state index contributed by atoms with van der Waals surface area (Å²) in [5.74, 6) is 0.928. The highest BCUT2D eigenvalue weighted by molar-refractivity contribution is 5.81. The van der Waals surface area contributed by atoms with Gasteiger partial charge in [0.1, 0.15) is 11.5 Å². The first-order valence-corrected chi connectivity index (χ1v) is 12.7. The molecular weight excluding hydrogens is 482 g/mol. The summed E-state index contributed by atoms with van der Waals surface area (Å²) in [6.07, 6.45) is 8.25. The maximum atomic E-state index is 13.6. The van der Waals surface area contributed by atoms with Crippen LogP contribution in [0, 0.1) is 6.92 Å². The standard InChI is InChI=1S/C28H29N7O3/c1-17-12-25(31-33(17)3)30-23-13-18(15-32(2)28(23)38)20-7-9-29-26(22(20)16-36)35-11-8-24-21(27(35)37)14-19-6-4-5-10-34(19)24/h7-9,11-15,36H,4-6,10,16H2,1-3H3,(H,30,31). The third-order valence-corrected chi connectivity index (χ3v) is 7.41. The van der Waals surface area contributed by atoms with Gasteiger partial charge in [-0.3, -0.25) is 18.8 Å². The zero-order valence-corrected chi connectivity index (χ0v) is 21.6. The van der Waals surface area contributed by atoms with E-state index in [0.717, 1.165) is 37.0 Å². The molecule has 0 aromatic carbocycles. The Hall–Kier alpha value is -4.44. The zero-order valence-electron chi connectivity index (χ0n) is 21.6. The first-order chi connectivity index (χ1) is 18.4. The average molecular weight is 512 g/mol. The maximum Gasteiger partial charge on any atom is 0.274 e. The molecular formula is C28H29N7O3. The summed E-state index contributed by atoms with van der Waals surface area (Å²) in [5, 5.41) is 18.6. The molecule has 10 heteroatoms. The molecule has 0 aliphatic carbocycles. The van der Waals surface area contributed by atoms with Gasteiger partial charge in [0, 0.05) is 67.8 Å². The Labute approximate surface area is 218 Å². The number of aromatic nitrogens is 6. The van der Waals surface area contributed by atoms with E-state index < -0.39 is 0 Å². The maximum absolute atomic E-state index is 13.6. The number of aliphatic hydroxyl groups is 1. The summed E-state index contributed by atoms with van der Waals surface area (Å²) >= 11 is 0. The normalized spacial score (nSPS) is 13.2. The quantitative estimate of drug-likeness (QED) is 0.375. The first-order valence-electron chi connectivity index (χ1n) is 12.7. The number of aliphatic hydroxyl groups excluding tert-OH is 1. The van der Waals surface area contributed by atoms with Crippen molar-refractivity contribution in [2.24, 2.45) is 14.1 Å². The Kier molecular flexibility index (Phi) is 5.76. The molecule has 0 radical (unpaired) electrons. The number of anilines is 2. The number of hydrogen-bond donors (Lipinski definition) is 2. The van der Waals surface area contributed by atoms with Crippen LogP contribution in [-0.2, 0) is 33.7 Å². The van der Waals surface area contributed by atoms with Crippen molar-refractivity contribution >= 4 is 22.4 Å². The fraction of sp³-hybridized carbons (Fsp3) is 0.286. The average Bonchev–Trinajstić information content (AvgIpc) is 3.45. The van der Waals surface area contributed by atoms with Crippen LogP contribution in [0.5, 0.6) is 0 Å². The fourth-order valence-corrected chi connectivity index (χ4v) is 5.35. The summed E-state index contributed by atoms with van der Waals surface area (Å²) in [6, 6.07) is 9.31. The van der Waals surface area contributed by atoms with Crippen LogP contribution in [0.2, 0.25) is 0 Å². The molecule has 0 fully saturated rings. The number of rotatable bonds is 5. The molecule has 2 N–H and O–H groups in total. The second kappa shape index (κ2) is 9.14. The molecule has 0 saturated carbocycles. The van der Waals surface area contributed by atoms with Gasteiger partial charge in [-0.2, -0.15) is 5.10 Å². The molecule has 0 saturated heterocycles. The lowest BCUT2D eigenvalue weighted by atomic mass is 10.0. The molecule has 6 heterocycles. The second-order valence-electron chi connectivity index (χ2n) is 9.83. The van der Waals surface area contributed by atoms with Gasteiger partial charge >= 0.3 is 0 Å². The summed E-state index contributed by atoms with van der Waals surface area (Å²) in [6.45, 7) is 2.51. The van der Waals surface area contributed by atoms with E-state index in [-0.39, 0.29) is 17.7 Å². The number of pyridine rings is 3. The number of hydrogen-bond acceptors (Lipinski definition) is 6. The van der Waals surface area contributed by atoms with Crippen LogP contribution in [0.25, 0.3) is 27.8 Å². The van der Waals surface area contributed by atoms with Gasteiger partial charge in [-0.05, 0) is 56.0 Å². The lowest BCUT2D eigenvalue weighted by Crippen LogP contribution is -2.21. The summed E-state index contributed by atoms with van der Waals surface area (Å²) in [7, 11) is 3.51. The molecule has 38 heavy (non-hydrogen) atoms. The second-order valence-corrected chi connectivity index (χ2v) is 9.83. The van der Waals surface area contributed by atoms with Crippen molar-refractivity contribution in [2.75, 3.05) is 5.32 Å². The monoisotopic (exact) mass is 511 g/mol. The van der Waals surface area contributed by atoms with E-state index in [4.69, 9.17) is 0 Å². The Bertz CT molecular complexity index is 1800. The first kappa shape index (κ1) is 23.9. The van der Waals surface area contributed by atoms with Gasteiger partial charge in [-0.25, -0.2) is 4.98 Å². The molecule has 5 aromatic rings. The summed E-state index contributed by atoms with van der Waals surface area (Å²) < 4.78 is 6.94. The van der Waals surface area contributed by atoms with E-state index in [1.165, 1.54) is 14.8 Å². The Morgan fingerprint density at radius 3 is 2.68 bits per heavy atom. The Balaban J connectivity index is 1.47. The van der Waals surface area contributed by atoms with Crippen LogP contribution in [-0.4, -0.2) is 33.6 Å². The number of fused-ring (bicyclic) bond motifs is 3. The van der Waals surface area contributed by atoms with Crippen molar-refractivity contribution in [3.8, 4) is 16.9 Å². The smallest absolute Gasteiger partial charge is 0.274 e. The van der Waals surface area contributed by atoms with Gasteiger partial charge in [0.2, 0.25) is 0 Å². The van der Waals surface area contributed by atoms with Gasteiger partial charge in [0.15, 0.2) is 5.82 Å². The van der Waals surface area contributed by atoms with Crippen LogP contribution in [0.15, 0.2) is 58.5 Å².